The molecule has 5 heteroatoms. The van der Waals surface area contributed by atoms with E-state index in [0.717, 1.165) is 10.4 Å². The lowest BCUT2D eigenvalue weighted by atomic mass is 10.1. The Bertz CT molecular complexity index is 885. The molecule has 0 radical (unpaired) electrons. The second-order valence-electron chi connectivity index (χ2n) is 8.07. The first kappa shape index (κ1) is 21.0. The predicted molar refractivity (Wildman–Crippen MR) is 119 cm³/mol. The topological polar surface area (TPSA) is 58.6 Å². The monoisotopic (exact) mass is 405 g/mol. The van der Waals surface area contributed by atoms with Gasteiger partial charge in [-0.25, -0.2) is 0 Å². The molecule has 0 spiro atoms. The Labute approximate surface area is 173 Å². The lowest BCUT2D eigenvalue weighted by molar-refractivity contribution is -0.142. The minimum absolute atomic E-state index is 0.248. The first-order valence-corrected chi connectivity index (χ1v) is 11.6. The average Bonchev–Trinajstić information content (AvgIpc) is 2.72. The van der Waals surface area contributed by atoms with Gasteiger partial charge in [-0.3, -0.25) is 4.79 Å². The molecule has 0 aliphatic carbocycles. The van der Waals surface area contributed by atoms with E-state index in [9.17, 15) is 9.90 Å². The summed E-state index contributed by atoms with van der Waals surface area (Å²) in [6.45, 7) is 6.46. The van der Waals surface area contributed by atoms with Crippen molar-refractivity contribution in [1.29, 1.82) is 0 Å². The third-order valence-corrected chi connectivity index (χ3v) is 9.96. The van der Waals surface area contributed by atoms with Crippen molar-refractivity contribution < 1.29 is 14.4 Å². The van der Waals surface area contributed by atoms with Gasteiger partial charge in [0.15, 0.2) is 6.04 Å². The third-order valence-electron chi connectivity index (χ3n) is 5.13. The molecule has 29 heavy (non-hydrogen) atoms. The van der Waals surface area contributed by atoms with Crippen LogP contribution >= 0.6 is 0 Å². The van der Waals surface area contributed by atoms with Crippen LogP contribution in [-0.2, 0) is 9.32 Å². The second kappa shape index (κ2) is 8.74. The van der Waals surface area contributed by atoms with Crippen molar-refractivity contribution in [3.8, 4) is 0 Å². The number of hydroxylamine groups is 1. The van der Waals surface area contributed by atoms with Crippen LogP contribution in [0.25, 0.3) is 0 Å². The van der Waals surface area contributed by atoms with Crippen molar-refractivity contribution >= 4 is 24.7 Å². The number of nitrogens with one attached hydrogen (secondary N) is 1. The molecule has 3 rings (SSSR count). The molecule has 0 aromatic heterocycles. The van der Waals surface area contributed by atoms with Gasteiger partial charge in [0.25, 0.3) is 8.32 Å². The molecule has 1 unspecified atom stereocenters. The van der Waals surface area contributed by atoms with Gasteiger partial charge in [-0.1, -0.05) is 112 Å². The van der Waals surface area contributed by atoms with Gasteiger partial charge < -0.3 is 9.63 Å². The largest absolute Gasteiger partial charge is 0.480 e. The van der Waals surface area contributed by atoms with Crippen LogP contribution in [-0.4, -0.2) is 19.4 Å². The number of carboxylic acids is 1. The van der Waals surface area contributed by atoms with E-state index in [1.807, 2.05) is 54.6 Å². The predicted octanol–water partition coefficient (Wildman–Crippen LogP) is 3.89. The zero-order valence-electron chi connectivity index (χ0n) is 17.0. The van der Waals surface area contributed by atoms with E-state index >= 15 is 0 Å². The number of aliphatic carboxylic acids is 1. The first-order valence-electron chi connectivity index (χ1n) is 9.68. The van der Waals surface area contributed by atoms with Crippen molar-refractivity contribution in [2.24, 2.45) is 0 Å². The van der Waals surface area contributed by atoms with Gasteiger partial charge in [0.05, 0.1) is 0 Å². The summed E-state index contributed by atoms with van der Waals surface area (Å²) in [4.78, 5) is 12.0. The number of hydrogen-bond donors (Lipinski definition) is 2. The minimum Gasteiger partial charge on any atom is -0.480 e. The summed E-state index contributed by atoms with van der Waals surface area (Å²) in [5, 5.41) is 11.8. The van der Waals surface area contributed by atoms with E-state index in [0.29, 0.717) is 5.56 Å². The summed E-state index contributed by atoms with van der Waals surface area (Å²) in [6.07, 6.45) is 0. The Hall–Kier alpha value is -2.73. The van der Waals surface area contributed by atoms with E-state index in [-0.39, 0.29) is 5.04 Å². The molecule has 3 aromatic carbocycles. The SMILES string of the molecule is CC(C)(C)[Si](ONC(C(=O)O)c1ccccc1)(c1ccccc1)c1ccccc1. The molecule has 0 saturated carbocycles. The number of hydrogen-bond acceptors (Lipinski definition) is 3. The van der Waals surface area contributed by atoms with E-state index < -0.39 is 20.3 Å². The van der Waals surface area contributed by atoms with Crippen molar-refractivity contribution in [3.05, 3.63) is 96.6 Å². The van der Waals surface area contributed by atoms with Crippen LogP contribution in [0.4, 0.5) is 0 Å². The van der Waals surface area contributed by atoms with Crippen molar-refractivity contribution in [2.75, 3.05) is 0 Å². The van der Waals surface area contributed by atoms with E-state index in [1.54, 1.807) is 12.1 Å². The molecular weight excluding hydrogens is 378 g/mol. The maximum atomic E-state index is 12.0. The van der Waals surface area contributed by atoms with Gasteiger partial charge in [-0.15, -0.1) is 0 Å². The number of benzene rings is 3. The van der Waals surface area contributed by atoms with Crippen molar-refractivity contribution in [2.45, 2.75) is 31.9 Å². The molecular formula is C24H27NO3Si. The van der Waals surface area contributed by atoms with Crippen LogP contribution in [0.15, 0.2) is 91.0 Å². The smallest absolute Gasteiger partial charge is 0.327 e. The Morgan fingerprint density at radius 1 is 0.828 bits per heavy atom. The number of carboxylic acid groups (broad SMARTS) is 1. The summed E-state index contributed by atoms with van der Waals surface area (Å²) in [5.41, 5.74) is 3.59. The molecule has 3 aromatic rings. The minimum atomic E-state index is -2.87. The van der Waals surface area contributed by atoms with Crippen LogP contribution in [0.3, 0.4) is 0 Å². The Morgan fingerprint density at radius 3 is 1.62 bits per heavy atom. The molecule has 0 amide bonds. The number of carbonyl (C=O) groups is 1. The number of rotatable bonds is 7. The van der Waals surface area contributed by atoms with Gasteiger partial charge >= 0.3 is 5.97 Å². The first-order chi connectivity index (χ1) is 13.9. The van der Waals surface area contributed by atoms with E-state index in [4.69, 9.17) is 4.53 Å². The summed E-state index contributed by atoms with van der Waals surface area (Å²) >= 11 is 0. The van der Waals surface area contributed by atoms with Crippen LogP contribution in [0.1, 0.15) is 32.4 Å². The Morgan fingerprint density at radius 2 is 1.24 bits per heavy atom. The summed E-state index contributed by atoms with van der Waals surface area (Å²) < 4.78 is 6.55. The zero-order valence-corrected chi connectivity index (χ0v) is 18.0. The fraction of sp³-hybridized carbons (Fsp3) is 0.208. The normalized spacial score (nSPS) is 13.1. The summed E-state index contributed by atoms with van der Waals surface area (Å²) in [7, 11) is -2.87. The highest BCUT2D eigenvalue weighted by Crippen LogP contribution is 2.36. The lowest BCUT2D eigenvalue weighted by Crippen LogP contribution is -2.68. The van der Waals surface area contributed by atoms with Gasteiger partial charge in [0, 0.05) is 0 Å². The van der Waals surface area contributed by atoms with Gasteiger partial charge in [0.1, 0.15) is 0 Å². The standard InChI is InChI=1S/C24H27NO3Si/c1-24(2,3)29(20-15-9-5-10-16-20,21-17-11-6-12-18-21)28-25-22(23(26)27)19-13-7-4-8-14-19/h4-18,22,25H,1-3H3,(H,26,27). The molecule has 4 nitrogen and oxygen atoms in total. The fourth-order valence-corrected chi connectivity index (χ4v) is 7.93. The molecule has 1 atom stereocenters. The fourth-order valence-electron chi connectivity index (χ4n) is 3.70. The average molecular weight is 406 g/mol. The highest BCUT2D eigenvalue weighted by atomic mass is 28.4. The maximum Gasteiger partial charge on any atom is 0.327 e. The summed E-state index contributed by atoms with van der Waals surface area (Å²) in [5.74, 6) is -0.978. The van der Waals surface area contributed by atoms with Crippen molar-refractivity contribution in [3.63, 3.8) is 0 Å². The molecule has 0 aliphatic rings. The highest BCUT2D eigenvalue weighted by molar-refractivity contribution is 6.99. The van der Waals surface area contributed by atoms with Crippen molar-refractivity contribution in [1.82, 2.24) is 5.48 Å². The zero-order chi connectivity index (χ0) is 20.9. The molecule has 0 aliphatic heterocycles. The van der Waals surface area contributed by atoms with E-state index in [2.05, 4.69) is 50.5 Å². The van der Waals surface area contributed by atoms with Crippen LogP contribution in [0.5, 0.6) is 0 Å². The molecule has 150 valence electrons. The van der Waals surface area contributed by atoms with E-state index in [1.165, 1.54) is 0 Å². The second-order valence-corrected chi connectivity index (χ2v) is 12.3. The van der Waals surface area contributed by atoms with Gasteiger partial charge in [-0.05, 0) is 21.0 Å². The molecule has 0 bridgehead atoms. The maximum absolute atomic E-state index is 12.0. The molecule has 0 fully saturated rings. The molecule has 0 heterocycles. The highest BCUT2D eigenvalue weighted by Gasteiger charge is 2.51. The van der Waals surface area contributed by atoms with Gasteiger partial charge in [0.2, 0.25) is 0 Å². The molecule has 2 N–H and O–H groups in total. The quantitative estimate of drug-likeness (QED) is 0.462. The Balaban J connectivity index is 2.09. The lowest BCUT2D eigenvalue weighted by Gasteiger charge is -2.42. The van der Waals surface area contributed by atoms with Crippen LogP contribution in [0.2, 0.25) is 5.04 Å². The van der Waals surface area contributed by atoms with Crippen LogP contribution in [0, 0.1) is 0 Å². The summed E-state index contributed by atoms with van der Waals surface area (Å²) in [6, 6.07) is 28.4. The van der Waals surface area contributed by atoms with Gasteiger partial charge in [-0.2, -0.15) is 5.48 Å². The third kappa shape index (κ3) is 4.32. The molecule has 0 saturated heterocycles. The Kier molecular flexibility index (Phi) is 6.32. The van der Waals surface area contributed by atoms with Crippen LogP contribution < -0.4 is 15.9 Å².